The number of carbonyl (C=O) groups excluding carboxylic acids is 1. The molecule has 0 aliphatic rings. The van der Waals surface area contributed by atoms with Crippen molar-refractivity contribution in [2.75, 3.05) is 0 Å². The van der Waals surface area contributed by atoms with Crippen LogP contribution in [0.25, 0.3) is 10.9 Å². The van der Waals surface area contributed by atoms with Crippen molar-refractivity contribution >= 4 is 16.8 Å². The number of hydrogen-bond acceptors (Lipinski definition) is 1. The maximum atomic E-state index is 13.2. The quantitative estimate of drug-likeness (QED) is 0.428. The monoisotopic (exact) mass is 400 g/mol. The summed E-state index contributed by atoms with van der Waals surface area (Å²) in [5, 5.41) is 4.24. The number of para-hydroxylation sites is 1. The van der Waals surface area contributed by atoms with Crippen LogP contribution in [0.1, 0.15) is 36.1 Å². The lowest BCUT2D eigenvalue weighted by Gasteiger charge is -2.14. The fourth-order valence-electron chi connectivity index (χ4n) is 3.83. The molecule has 1 heterocycles. The number of nitrogens with zero attached hydrogens (tertiary/aromatic N) is 1. The molecule has 1 aromatic heterocycles. The van der Waals surface area contributed by atoms with Crippen molar-refractivity contribution in [2.24, 2.45) is 0 Å². The Bertz CT molecular complexity index is 1130. The zero-order valence-electron chi connectivity index (χ0n) is 17.0. The number of benzene rings is 3. The highest BCUT2D eigenvalue weighted by molar-refractivity contribution is 5.85. The van der Waals surface area contributed by atoms with E-state index >= 15 is 0 Å². The van der Waals surface area contributed by atoms with Gasteiger partial charge in [0.1, 0.15) is 5.82 Å². The molecule has 0 spiro atoms. The molecule has 0 saturated carbocycles. The van der Waals surface area contributed by atoms with Crippen LogP contribution >= 0.6 is 0 Å². The molecule has 3 nitrogen and oxygen atoms in total. The third-order valence-corrected chi connectivity index (χ3v) is 5.44. The lowest BCUT2D eigenvalue weighted by molar-refractivity contribution is -0.121. The second-order valence-corrected chi connectivity index (χ2v) is 7.63. The van der Waals surface area contributed by atoms with E-state index in [9.17, 15) is 9.18 Å². The number of carbonyl (C=O) groups is 1. The molecule has 0 aliphatic carbocycles. The van der Waals surface area contributed by atoms with Crippen molar-refractivity contribution in [3.8, 4) is 0 Å². The van der Waals surface area contributed by atoms with E-state index in [1.807, 2.05) is 61.5 Å². The minimum Gasteiger partial charge on any atom is -0.350 e. The maximum absolute atomic E-state index is 13.2. The highest BCUT2D eigenvalue weighted by atomic mass is 19.1. The Balaban J connectivity index is 1.46. The predicted octanol–water partition coefficient (Wildman–Crippen LogP) is 5.64. The van der Waals surface area contributed by atoms with Crippen molar-refractivity contribution in [3.63, 3.8) is 0 Å². The molecule has 3 aromatic carbocycles. The second kappa shape index (κ2) is 8.95. The third-order valence-electron chi connectivity index (χ3n) is 5.44. The molecule has 0 aliphatic heterocycles. The van der Waals surface area contributed by atoms with Gasteiger partial charge in [-0.3, -0.25) is 4.79 Å². The van der Waals surface area contributed by atoms with Crippen LogP contribution in [-0.4, -0.2) is 10.5 Å². The maximum Gasteiger partial charge on any atom is 0.220 e. The highest BCUT2D eigenvalue weighted by Gasteiger charge is 2.13. The van der Waals surface area contributed by atoms with Crippen LogP contribution < -0.4 is 5.32 Å². The lowest BCUT2D eigenvalue weighted by atomic mass is 10.1. The summed E-state index contributed by atoms with van der Waals surface area (Å²) in [7, 11) is 0. The summed E-state index contributed by atoms with van der Waals surface area (Å²) in [4.78, 5) is 12.5. The standard InChI is InChI=1S/C26H25FN2O/c1-19(21-7-3-2-4-8-21)28-26(30)16-13-22-18-29(25-10-6-5-9-24(22)25)17-20-11-14-23(27)15-12-20/h2-12,14-15,18-19H,13,16-17H2,1H3,(H,28,30)/t19-/m1/s1. The summed E-state index contributed by atoms with van der Waals surface area (Å²) < 4.78 is 15.4. The summed E-state index contributed by atoms with van der Waals surface area (Å²) in [6, 6.07) is 24.8. The summed E-state index contributed by atoms with van der Waals surface area (Å²) in [5.41, 5.74) is 4.41. The average molecular weight is 400 g/mol. The van der Waals surface area contributed by atoms with E-state index in [0.717, 1.165) is 27.6 Å². The van der Waals surface area contributed by atoms with Gasteiger partial charge >= 0.3 is 0 Å². The number of amides is 1. The van der Waals surface area contributed by atoms with Crippen molar-refractivity contribution in [1.29, 1.82) is 0 Å². The third kappa shape index (κ3) is 4.60. The van der Waals surface area contributed by atoms with E-state index in [1.54, 1.807) is 0 Å². The summed E-state index contributed by atoms with van der Waals surface area (Å²) in [5.74, 6) is -0.186. The Hall–Kier alpha value is -3.40. The first kappa shape index (κ1) is 19.9. The van der Waals surface area contributed by atoms with Gasteiger partial charge in [-0.2, -0.15) is 0 Å². The zero-order valence-corrected chi connectivity index (χ0v) is 17.0. The van der Waals surface area contributed by atoms with Crippen LogP contribution in [0.15, 0.2) is 85.1 Å². The Morgan fingerprint density at radius 3 is 2.43 bits per heavy atom. The number of aromatic nitrogens is 1. The van der Waals surface area contributed by atoms with Crippen LogP contribution in [0, 0.1) is 5.82 Å². The summed E-state index contributed by atoms with van der Waals surface area (Å²) in [6.45, 7) is 2.67. The molecule has 1 N–H and O–H groups in total. The van der Waals surface area contributed by atoms with E-state index in [1.165, 1.54) is 12.1 Å². The van der Waals surface area contributed by atoms with E-state index in [-0.39, 0.29) is 17.8 Å². The molecule has 1 atom stereocenters. The van der Waals surface area contributed by atoms with E-state index in [0.29, 0.717) is 19.4 Å². The molecule has 0 radical (unpaired) electrons. The zero-order chi connectivity index (χ0) is 20.9. The van der Waals surface area contributed by atoms with Crippen LogP contribution in [0.3, 0.4) is 0 Å². The minimum absolute atomic E-state index is 0.0153. The average Bonchev–Trinajstić information content (AvgIpc) is 3.12. The number of rotatable bonds is 7. The van der Waals surface area contributed by atoms with Crippen LogP contribution in [0.5, 0.6) is 0 Å². The first-order valence-corrected chi connectivity index (χ1v) is 10.3. The molecule has 0 fully saturated rings. The van der Waals surface area contributed by atoms with Crippen LogP contribution in [0.4, 0.5) is 4.39 Å². The Morgan fingerprint density at radius 1 is 0.967 bits per heavy atom. The van der Waals surface area contributed by atoms with Crippen LogP contribution in [-0.2, 0) is 17.8 Å². The molecule has 0 unspecified atom stereocenters. The minimum atomic E-state index is -0.229. The Morgan fingerprint density at radius 2 is 1.67 bits per heavy atom. The molecule has 4 rings (SSSR count). The van der Waals surface area contributed by atoms with Gasteiger partial charge in [-0.25, -0.2) is 4.39 Å². The number of hydrogen-bond donors (Lipinski definition) is 1. The number of fused-ring (bicyclic) bond motifs is 1. The van der Waals surface area contributed by atoms with Gasteiger partial charge in [-0.15, -0.1) is 0 Å². The molecule has 1 amide bonds. The Labute approximate surface area is 176 Å². The molecule has 30 heavy (non-hydrogen) atoms. The largest absolute Gasteiger partial charge is 0.350 e. The first-order chi connectivity index (χ1) is 14.6. The van der Waals surface area contributed by atoms with Gasteiger partial charge in [-0.1, -0.05) is 60.7 Å². The van der Waals surface area contributed by atoms with Gasteiger partial charge in [0, 0.05) is 30.1 Å². The molecule has 0 saturated heterocycles. The van der Waals surface area contributed by atoms with Gasteiger partial charge in [-0.05, 0) is 48.2 Å². The number of aryl methyl sites for hydroxylation is 1. The van der Waals surface area contributed by atoms with Crippen LogP contribution in [0.2, 0.25) is 0 Å². The van der Waals surface area contributed by atoms with E-state index in [4.69, 9.17) is 0 Å². The fraction of sp³-hybridized carbons (Fsp3) is 0.192. The first-order valence-electron chi connectivity index (χ1n) is 10.3. The predicted molar refractivity (Wildman–Crippen MR) is 119 cm³/mol. The van der Waals surface area contributed by atoms with Crippen molar-refractivity contribution in [3.05, 3.63) is 108 Å². The SMILES string of the molecule is C[C@@H](NC(=O)CCc1cn(Cc2ccc(F)cc2)c2ccccc12)c1ccccc1. The molecule has 4 aromatic rings. The molecular weight excluding hydrogens is 375 g/mol. The highest BCUT2D eigenvalue weighted by Crippen LogP contribution is 2.24. The lowest BCUT2D eigenvalue weighted by Crippen LogP contribution is -2.26. The van der Waals surface area contributed by atoms with E-state index in [2.05, 4.69) is 28.2 Å². The van der Waals surface area contributed by atoms with Gasteiger partial charge in [0.05, 0.1) is 6.04 Å². The van der Waals surface area contributed by atoms with E-state index < -0.39 is 0 Å². The fourth-order valence-corrected chi connectivity index (χ4v) is 3.83. The molecule has 152 valence electrons. The van der Waals surface area contributed by atoms with Gasteiger partial charge in [0.2, 0.25) is 5.91 Å². The Kier molecular flexibility index (Phi) is 5.94. The summed E-state index contributed by atoms with van der Waals surface area (Å²) >= 11 is 0. The van der Waals surface area contributed by atoms with Gasteiger partial charge in [0.15, 0.2) is 0 Å². The summed E-state index contributed by atoms with van der Waals surface area (Å²) in [6.07, 6.45) is 3.22. The van der Waals surface area contributed by atoms with Crippen molar-refractivity contribution in [2.45, 2.75) is 32.4 Å². The number of halogens is 1. The molecular formula is C26H25FN2O. The smallest absolute Gasteiger partial charge is 0.220 e. The normalized spacial score (nSPS) is 12.1. The van der Waals surface area contributed by atoms with Gasteiger partial charge < -0.3 is 9.88 Å². The molecule has 4 heteroatoms. The van der Waals surface area contributed by atoms with Gasteiger partial charge in [0.25, 0.3) is 0 Å². The second-order valence-electron chi connectivity index (χ2n) is 7.63. The number of nitrogens with one attached hydrogen (secondary N) is 1. The topological polar surface area (TPSA) is 34.0 Å². The van der Waals surface area contributed by atoms with Crippen molar-refractivity contribution in [1.82, 2.24) is 9.88 Å². The van der Waals surface area contributed by atoms with Crippen molar-refractivity contribution < 1.29 is 9.18 Å². The molecule has 0 bridgehead atoms.